The quantitative estimate of drug-likeness (QED) is 0.509. The zero-order valence-electron chi connectivity index (χ0n) is 9.28. The van der Waals surface area contributed by atoms with Gasteiger partial charge >= 0.3 is 0 Å². The molecule has 0 aromatic carbocycles. The van der Waals surface area contributed by atoms with Crippen LogP contribution in [0.2, 0.25) is 0 Å². The Kier molecular flexibility index (Phi) is 5.57. The molecule has 15 heavy (non-hydrogen) atoms. The molecular weight excluding hydrogens is 278 g/mol. The van der Waals surface area contributed by atoms with Crippen molar-refractivity contribution in [2.24, 2.45) is 5.92 Å². The first-order valence-electron chi connectivity index (χ1n) is 5.56. The van der Waals surface area contributed by atoms with Crippen molar-refractivity contribution in [2.45, 2.75) is 32.1 Å². The Morgan fingerprint density at radius 3 is 2.47 bits per heavy atom. The smallest absolute Gasteiger partial charge is 0.212 e. The third-order valence-electron chi connectivity index (χ3n) is 2.72. The topological polar surface area (TPSA) is 37.4 Å². The Morgan fingerprint density at radius 1 is 1.27 bits per heavy atom. The second-order valence-electron chi connectivity index (χ2n) is 4.29. The van der Waals surface area contributed by atoms with Crippen LogP contribution in [-0.2, 0) is 10.0 Å². The van der Waals surface area contributed by atoms with Gasteiger partial charge in [0, 0.05) is 18.9 Å². The van der Waals surface area contributed by atoms with Crippen molar-refractivity contribution in [1.82, 2.24) is 4.31 Å². The van der Waals surface area contributed by atoms with E-state index in [0.29, 0.717) is 18.2 Å². The van der Waals surface area contributed by atoms with Gasteiger partial charge in [-0.1, -0.05) is 22.4 Å². The van der Waals surface area contributed by atoms with E-state index in [0.717, 1.165) is 37.4 Å². The van der Waals surface area contributed by atoms with E-state index in [4.69, 9.17) is 0 Å². The van der Waals surface area contributed by atoms with Gasteiger partial charge in [0.05, 0.1) is 5.75 Å². The van der Waals surface area contributed by atoms with Crippen LogP contribution in [0.5, 0.6) is 0 Å². The lowest BCUT2D eigenvalue weighted by atomic mass is 10.2. The molecule has 0 spiro atoms. The normalized spacial score (nSPS) is 17.3. The van der Waals surface area contributed by atoms with E-state index >= 15 is 0 Å². The molecule has 0 aromatic rings. The van der Waals surface area contributed by atoms with Crippen LogP contribution >= 0.6 is 15.9 Å². The number of nitrogens with zero attached hydrogens (tertiary/aromatic N) is 1. The molecule has 0 heterocycles. The lowest BCUT2D eigenvalue weighted by Gasteiger charge is -2.16. The zero-order valence-corrected chi connectivity index (χ0v) is 11.7. The van der Waals surface area contributed by atoms with Gasteiger partial charge < -0.3 is 0 Å². The SMILES string of the molecule is CN(CCCCCBr)S(=O)(=O)CC1CC1. The Labute approximate surface area is 101 Å². The Hall–Kier alpha value is 0.390. The second-order valence-corrected chi connectivity index (χ2v) is 7.21. The molecule has 1 aliphatic rings. The summed E-state index contributed by atoms with van der Waals surface area (Å²) in [7, 11) is -1.26. The van der Waals surface area contributed by atoms with Crippen LogP contribution in [-0.4, -0.2) is 37.4 Å². The van der Waals surface area contributed by atoms with Crippen molar-refractivity contribution in [1.29, 1.82) is 0 Å². The van der Waals surface area contributed by atoms with Crippen LogP contribution in [0.4, 0.5) is 0 Å². The first-order chi connectivity index (χ1) is 7.06. The van der Waals surface area contributed by atoms with Crippen LogP contribution < -0.4 is 0 Å². The largest absolute Gasteiger partial charge is 0.214 e. The van der Waals surface area contributed by atoms with Crippen molar-refractivity contribution in [2.75, 3.05) is 24.7 Å². The molecule has 1 rings (SSSR count). The molecule has 0 amide bonds. The zero-order chi connectivity index (χ0) is 11.3. The minimum absolute atomic E-state index is 0.363. The highest BCUT2D eigenvalue weighted by Gasteiger charge is 2.30. The molecule has 0 bridgehead atoms. The number of unbranched alkanes of at least 4 members (excludes halogenated alkanes) is 2. The minimum Gasteiger partial charge on any atom is -0.212 e. The highest BCUT2D eigenvalue weighted by Crippen LogP contribution is 2.30. The third kappa shape index (κ3) is 5.31. The van der Waals surface area contributed by atoms with Crippen LogP contribution in [0.15, 0.2) is 0 Å². The van der Waals surface area contributed by atoms with E-state index in [1.165, 1.54) is 4.31 Å². The molecule has 0 aliphatic heterocycles. The van der Waals surface area contributed by atoms with Gasteiger partial charge in [-0.05, 0) is 31.6 Å². The Balaban J connectivity index is 2.21. The number of sulfonamides is 1. The first-order valence-corrected chi connectivity index (χ1v) is 8.29. The van der Waals surface area contributed by atoms with Gasteiger partial charge in [-0.15, -0.1) is 0 Å². The summed E-state index contributed by atoms with van der Waals surface area (Å²) in [4.78, 5) is 0. The lowest BCUT2D eigenvalue weighted by Crippen LogP contribution is -2.30. The lowest BCUT2D eigenvalue weighted by molar-refractivity contribution is 0.453. The maximum absolute atomic E-state index is 11.8. The average Bonchev–Trinajstić information content (AvgIpc) is 2.95. The second kappa shape index (κ2) is 6.21. The number of rotatable bonds is 8. The van der Waals surface area contributed by atoms with E-state index in [-0.39, 0.29) is 0 Å². The van der Waals surface area contributed by atoms with Crippen LogP contribution in [0.25, 0.3) is 0 Å². The molecule has 0 saturated heterocycles. The summed E-state index contributed by atoms with van der Waals surface area (Å²) in [5, 5.41) is 1.01. The van der Waals surface area contributed by atoms with Gasteiger partial charge in [0.2, 0.25) is 10.0 Å². The molecule has 0 unspecified atom stereocenters. The molecule has 0 aromatic heterocycles. The molecule has 90 valence electrons. The van der Waals surface area contributed by atoms with E-state index in [2.05, 4.69) is 15.9 Å². The predicted octanol–water partition coefficient (Wildman–Crippen LogP) is 2.22. The molecule has 5 heteroatoms. The minimum atomic E-state index is -2.96. The van der Waals surface area contributed by atoms with Crippen molar-refractivity contribution in [3.05, 3.63) is 0 Å². The summed E-state index contributed by atoms with van der Waals surface area (Å²) in [5.74, 6) is 0.807. The summed E-state index contributed by atoms with van der Waals surface area (Å²) >= 11 is 3.37. The van der Waals surface area contributed by atoms with E-state index in [1.54, 1.807) is 7.05 Å². The fourth-order valence-corrected chi connectivity index (χ4v) is 3.44. The van der Waals surface area contributed by atoms with E-state index < -0.39 is 10.0 Å². The summed E-state index contributed by atoms with van der Waals surface area (Å²) in [6.45, 7) is 0.669. The summed E-state index contributed by atoms with van der Waals surface area (Å²) in [6.07, 6.45) is 5.37. The molecule has 1 aliphatic carbocycles. The molecule has 0 radical (unpaired) electrons. The summed E-state index contributed by atoms with van der Waals surface area (Å²) in [5.41, 5.74) is 0. The number of alkyl halides is 1. The highest BCUT2D eigenvalue weighted by atomic mass is 79.9. The maximum Gasteiger partial charge on any atom is 0.214 e. The van der Waals surface area contributed by atoms with Crippen molar-refractivity contribution in [3.8, 4) is 0 Å². The van der Waals surface area contributed by atoms with Gasteiger partial charge in [-0.3, -0.25) is 0 Å². The molecule has 0 atom stereocenters. The standard InChI is InChI=1S/C10H20BrNO2S/c1-12(8-4-2-3-7-11)15(13,14)9-10-5-6-10/h10H,2-9H2,1H3. The number of halogens is 1. The first kappa shape index (κ1) is 13.5. The van der Waals surface area contributed by atoms with Gasteiger partial charge in [0.15, 0.2) is 0 Å². The molecule has 3 nitrogen and oxygen atoms in total. The monoisotopic (exact) mass is 297 g/mol. The third-order valence-corrected chi connectivity index (χ3v) is 5.31. The van der Waals surface area contributed by atoms with Crippen LogP contribution in [0.1, 0.15) is 32.1 Å². The van der Waals surface area contributed by atoms with Gasteiger partial charge in [-0.2, -0.15) is 0 Å². The number of hydrogen-bond acceptors (Lipinski definition) is 2. The molecule has 1 fully saturated rings. The van der Waals surface area contributed by atoms with Crippen molar-refractivity contribution in [3.63, 3.8) is 0 Å². The Bertz CT molecular complexity index is 275. The molecule has 0 N–H and O–H groups in total. The molecular formula is C10H20BrNO2S. The van der Waals surface area contributed by atoms with Crippen molar-refractivity contribution >= 4 is 26.0 Å². The van der Waals surface area contributed by atoms with E-state index in [1.807, 2.05) is 0 Å². The highest BCUT2D eigenvalue weighted by molar-refractivity contribution is 9.09. The number of hydrogen-bond donors (Lipinski definition) is 0. The molecule has 1 saturated carbocycles. The summed E-state index contributed by atoms with van der Waals surface area (Å²) in [6, 6.07) is 0. The maximum atomic E-state index is 11.8. The fourth-order valence-electron chi connectivity index (χ4n) is 1.45. The average molecular weight is 298 g/mol. The van der Waals surface area contributed by atoms with Crippen LogP contribution in [0.3, 0.4) is 0 Å². The van der Waals surface area contributed by atoms with Gasteiger partial charge in [0.1, 0.15) is 0 Å². The van der Waals surface area contributed by atoms with E-state index in [9.17, 15) is 8.42 Å². The summed E-state index contributed by atoms with van der Waals surface area (Å²) < 4.78 is 25.1. The predicted molar refractivity (Wildman–Crippen MR) is 66.8 cm³/mol. The van der Waals surface area contributed by atoms with Crippen LogP contribution in [0, 0.1) is 5.92 Å². The van der Waals surface area contributed by atoms with Crippen molar-refractivity contribution < 1.29 is 8.42 Å². The fraction of sp³-hybridized carbons (Fsp3) is 1.00. The Morgan fingerprint density at radius 2 is 1.93 bits per heavy atom. The van der Waals surface area contributed by atoms with Gasteiger partial charge in [-0.25, -0.2) is 12.7 Å². The van der Waals surface area contributed by atoms with Gasteiger partial charge in [0.25, 0.3) is 0 Å².